The maximum Gasteiger partial charge on any atom is 0.276 e. The minimum Gasteiger partial charge on any atom is -0.409 e. The number of H-pyrrole nitrogens is 1. The Morgan fingerprint density at radius 2 is 2.14 bits per heavy atom. The van der Waals surface area contributed by atoms with Gasteiger partial charge in [-0.3, -0.25) is 9.59 Å². The predicted octanol–water partition coefficient (Wildman–Crippen LogP) is 0.879. The molecule has 0 spiro atoms. The largest absolute Gasteiger partial charge is 0.409 e. The zero-order chi connectivity index (χ0) is 15.4. The summed E-state index contributed by atoms with van der Waals surface area (Å²) in [7, 11) is 0. The molecule has 0 aliphatic rings. The molecule has 0 saturated carbocycles. The van der Waals surface area contributed by atoms with Crippen molar-refractivity contribution in [3.05, 3.63) is 56.4 Å². The fourth-order valence-electron chi connectivity index (χ4n) is 1.55. The van der Waals surface area contributed by atoms with E-state index in [1.54, 1.807) is 18.2 Å². The van der Waals surface area contributed by atoms with Gasteiger partial charge in [0.2, 0.25) is 0 Å². The molecule has 21 heavy (non-hydrogen) atoms. The molecule has 1 aromatic heterocycles. The normalized spacial score (nSPS) is 11.2. The van der Waals surface area contributed by atoms with E-state index in [4.69, 9.17) is 10.9 Å². The second-order valence-corrected chi connectivity index (χ2v) is 4.85. The van der Waals surface area contributed by atoms with Gasteiger partial charge >= 0.3 is 0 Å². The molecule has 1 heterocycles. The zero-order valence-corrected chi connectivity index (χ0v) is 12.1. The van der Waals surface area contributed by atoms with Crippen LogP contribution in [0.5, 0.6) is 0 Å². The third-order valence-electron chi connectivity index (χ3n) is 2.53. The smallest absolute Gasteiger partial charge is 0.276 e. The lowest BCUT2D eigenvalue weighted by molar-refractivity contribution is 0.102. The number of oxime groups is 1. The van der Waals surface area contributed by atoms with Gasteiger partial charge < -0.3 is 16.3 Å². The number of nitrogens with zero attached hydrogens (tertiary/aromatic N) is 2. The van der Waals surface area contributed by atoms with Crippen molar-refractivity contribution in [2.45, 2.75) is 0 Å². The van der Waals surface area contributed by atoms with Gasteiger partial charge in [-0.1, -0.05) is 21.1 Å². The first kappa shape index (κ1) is 14.7. The second-order valence-electron chi connectivity index (χ2n) is 3.94. The monoisotopic (exact) mass is 351 g/mol. The number of aromatic nitrogens is 2. The lowest BCUT2D eigenvalue weighted by Crippen LogP contribution is -2.21. The summed E-state index contributed by atoms with van der Waals surface area (Å²) in [6, 6.07) is 7.33. The van der Waals surface area contributed by atoms with Crippen molar-refractivity contribution in [1.82, 2.24) is 10.2 Å². The van der Waals surface area contributed by atoms with Crippen LogP contribution in [0.3, 0.4) is 0 Å². The number of nitrogens with two attached hydrogens (primary N) is 1. The minimum atomic E-state index is -0.541. The Balaban J connectivity index is 2.33. The summed E-state index contributed by atoms with van der Waals surface area (Å²) in [5.74, 6) is -0.693. The van der Waals surface area contributed by atoms with Crippen molar-refractivity contribution in [3.8, 4) is 0 Å². The summed E-state index contributed by atoms with van der Waals surface area (Å²) in [4.78, 5) is 22.9. The molecule has 5 N–H and O–H groups in total. The van der Waals surface area contributed by atoms with E-state index in [1.807, 2.05) is 0 Å². The molecule has 0 bridgehead atoms. The quantitative estimate of drug-likeness (QED) is 0.282. The second kappa shape index (κ2) is 6.18. The van der Waals surface area contributed by atoms with Gasteiger partial charge in [-0.25, -0.2) is 5.10 Å². The standard InChI is InChI=1S/C12H10BrN5O3/c13-6-1-2-8(7(5-6)11(14)18-21)15-12(20)9-3-4-10(19)17-16-9/h1-5,21H,(H2,14,18)(H,15,20)(H,17,19). The lowest BCUT2D eigenvalue weighted by Gasteiger charge is -2.10. The highest BCUT2D eigenvalue weighted by Crippen LogP contribution is 2.21. The van der Waals surface area contributed by atoms with E-state index < -0.39 is 11.5 Å². The van der Waals surface area contributed by atoms with Crippen molar-refractivity contribution in [2.75, 3.05) is 5.32 Å². The summed E-state index contributed by atoms with van der Waals surface area (Å²) in [6.45, 7) is 0. The van der Waals surface area contributed by atoms with Crippen LogP contribution in [-0.2, 0) is 0 Å². The Morgan fingerprint density at radius 1 is 1.38 bits per heavy atom. The number of hydrogen-bond donors (Lipinski definition) is 4. The molecule has 0 saturated heterocycles. The van der Waals surface area contributed by atoms with E-state index in [0.29, 0.717) is 15.7 Å². The molecule has 8 nitrogen and oxygen atoms in total. The first-order chi connectivity index (χ1) is 10.0. The van der Waals surface area contributed by atoms with Crippen LogP contribution >= 0.6 is 15.9 Å². The van der Waals surface area contributed by atoms with Gasteiger partial charge in [0.05, 0.1) is 5.69 Å². The molecule has 0 unspecified atom stereocenters. The zero-order valence-electron chi connectivity index (χ0n) is 10.5. The number of aromatic amines is 1. The van der Waals surface area contributed by atoms with Gasteiger partial charge in [-0.2, -0.15) is 5.10 Å². The van der Waals surface area contributed by atoms with Crippen molar-refractivity contribution in [3.63, 3.8) is 0 Å². The van der Waals surface area contributed by atoms with Gasteiger partial charge in [-0.15, -0.1) is 0 Å². The highest BCUT2D eigenvalue weighted by Gasteiger charge is 2.13. The molecule has 0 fully saturated rings. The Hall–Kier alpha value is -2.68. The Labute approximate surface area is 126 Å². The number of amides is 1. The molecule has 108 valence electrons. The van der Waals surface area contributed by atoms with Crippen molar-refractivity contribution < 1.29 is 10.0 Å². The average molecular weight is 352 g/mol. The van der Waals surface area contributed by atoms with Gasteiger partial charge in [0.15, 0.2) is 5.84 Å². The number of carbonyl (C=O) groups is 1. The maximum atomic E-state index is 12.0. The summed E-state index contributed by atoms with van der Waals surface area (Å²) >= 11 is 3.26. The number of amidine groups is 1. The molecule has 9 heteroatoms. The summed E-state index contributed by atoms with van der Waals surface area (Å²) in [6.07, 6.45) is 0. The van der Waals surface area contributed by atoms with Crippen LogP contribution < -0.4 is 16.6 Å². The summed E-state index contributed by atoms with van der Waals surface area (Å²) in [5.41, 5.74) is 5.86. The van der Waals surface area contributed by atoms with E-state index in [0.717, 1.165) is 0 Å². The molecule has 2 rings (SSSR count). The number of carbonyl (C=O) groups excluding carboxylic acids is 1. The summed E-state index contributed by atoms with van der Waals surface area (Å²) in [5, 5.41) is 20.0. The van der Waals surface area contributed by atoms with Crippen LogP contribution in [0.1, 0.15) is 16.1 Å². The lowest BCUT2D eigenvalue weighted by atomic mass is 10.1. The van der Waals surface area contributed by atoms with Gasteiger partial charge in [0.1, 0.15) is 5.69 Å². The fraction of sp³-hybridized carbons (Fsp3) is 0. The Kier molecular flexibility index (Phi) is 4.33. The van der Waals surface area contributed by atoms with Crippen LogP contribution in [0.15, 0.2) is 44.8 Å². The van der Waals surface area contributed by atoms with Crippen LogP contribution in [0, 0.1) is 0 Å². The van der Waals surface area contributed by atoms with E-state index in [-0.39, 0.29) is 11.5 Å². The van der Waals surface area contributed by atoms with Crippen molar-refractivity contribution in [2.24, 2.45) is 10.9 Å². The summed E-state index contributed by atoms with van der Waals surface area (Å²) < 4.78 is 0.698. The third-order valence-corrected chi connectivity index (χ3v) is 3.02. The van der Waals surface area contributed by atoms with E-state index in [2.05, 4.69) is 36.6 Å². The molecule has 1 aromatic carbocycles. The number of nitrogens with one attached hydrogen (secondary N) is 2. The molecule has 2 aromatic rings. The first-order valence-corrected chi connectivity index (χ1v) is 6.45. The van der Waals surface area contributed by atoms with Gasteiger partial charge in [-0.05, 0) is 24.3 Å². The molecule has 0 aliphatic carbocycles. The first-order valence-electron chi connectivity index (χ1n) is 5.66. The van der Waals surface area contributed by atoms with Gasteiger partial charge in [0, 0.05) is 16.1 Å². The Morgan fingerprint density at radius 3 is 2.76 bits per heavy atom. The molecule has 1 amide bonds. The molecular weight excluding hydrogens is 342 g/mol. The molecular formula is C12H10BrN5O3. The van der Waals surface area contributed by atoms with E-state index in [9.17, 15) is 9.59 Å². The Bertz CT molecular complexity index is 751. The van der Waals surface area contributed by atoms with Crippen LogP contribution in [0.25, 0.3) is 0 Å². The van der Waals surface area contributed by atoms with Crippen LogP contribution in [-0.4, -0.2) is 27.1 Å². The highest BCUT2D eigenvalue weighted by atomic mass is 79.9. The topological polar surface area (TPSA) is 133 Å². The van der Waals surface area contributed by atoms with Crippen molar-refractivity contribution >= 4 is 33.4 Å². The van der Waals surface area contributed by atoms with E-state index >= 15 is 0 Å². The fourth-order valence-corrected chi connectivity index (χ4v) is 1.91. The number of benzene rings is 1. The number of halogens is 1. The molecule has 0 radical (unpaired) electrons. The average Bonchev–Trinajstić information content (AvgIpc) is 2.48. The van der Waals surface area contributed by atoms with Crippen molar-refractivity contribution in [1.29, 1.82) is 0 Å². The van der Waals surface area contributed by atoms with Crippen LogP contribution in [0.2, 0.25) is 0 Å². The van der Waals surface area contributed by atoms with Crippen LogP contribution in [0.4, 0.5) is 5.69 Å². The molecule has 0 aliphatic heterocycles. The minimum absolute atomic E-state index is 0.0305. The number of hydrogen-bond acceptors (Lipinski definition) is 5. The molecule has 0 atom stereocenters. The predicted molar refractivity (Wildman–Crippen MR) is 79.5 cm³/mol. The number of anilines is 1. The maximum absolute atomic E-state index is 12.0. The SMILES string of the molecule is N/C(=N/O)c1cc(Br)ccc1NC(=O)c1ccc(=O)[nH]n1. The van der Waals surface area contributed by atoms with E-state index in [1.165, 1.54) is 12.1 Å². The van der Waals surface area contributed by atoms with Gasteiger partial charge in [0.25, 0.3) is 11.5 Å². The third kappa shape index (κ3) is 3.45. The number of rotatable bonds is 3. The highest BCUT2D eigenvalue weighted by molar-refractivity contribution is 9.10.